The van der Waals surface area contributed by atoms with Crippen LogP contribution in [0.5, 0.6) is 5.75 Å². The van der Waals surface area contributed by atoms with Crippen LogP contribution in [0.1, 0.15) is 24.8 Å². The molecule has 0 saturated heterocycles. The highest BCUT2D eigenvalue weighted by Gasteiger charge is 2.42. The number of anilines is 1. The van der Waals surface area contributed by atoms with Gasteiger partial charge in [-0.1, -0.05) is 12.1 Å². The first-order chi connectivity index (χ1) is 8.77. The van der Waals surface area contributed by atoms with Gasteiger partial charge in [0.1, 0.15) is 17.9 Å². The van der Waals surface area contributed by atoms with Crippen LogP contribution in [0.25, 0.3) is 0 Å². The molecule has 0 atom stereocenters. The lowest BCUT2D eigenvalue weighted by Crippen LogP contribution is -2.35. The van der Waals surface area contributed by atoms with Gasteiger partial charge in [0.15, 0.2) is 0 Å². The summed E-state index contributed by atoms with van der Waals surface area (Å²) in [4.78, 5) is 16.9. The van der Waals surface area contributed by atoms with Gasteiger partial charge in [-0.3, -0.25) is 0 Å². The molecule has 3 rings (SSSR count). The summed E-state index contributed by atoms with van der Waals surface area (Å²) in [6.45, 7) is 1.57. The zero-order valence-corrected chi connectivity index (χ0v) is 10.5. The number of aliphatic imine (C=N–C) groups is 1. The fourth-order valence-corrected chi connectivity index (χ4v) is 2.79. The predicted molar refractivity (Wildman–Crippen MR) is 68.9 cm³/mol. The molecule has 1 aromatic carbocycles. The maximum atomic E-state index is 10.7. The van der Waals surface area contributed by atoms with Gasteiger partial charge in [0.25, 0.3) is 0 Å². The molecule has 0 unspecified atom stereocenters. The predicted octanol–water partition coefficient (Wildman–Crippen LogP) is 2.23. The van der Waals surface area contributed by atoms with E-state index in [0.29, 0.717) is 6.61 Å². The van der Waals surface area contributed by atoms with Crippen LogP contribution in [0, 0.1) is 0 Å². The molecule has 1 aliphatic carbocycles. The maximum Gasteiger partial charge on any atom is 0.235 e. The summed E-state index contributed by atoms with van der Waals surface area (Å²) in [7, 11) is 2.06. The average Bonchev–Trinajstić information content (AvgIpc) is 2.34. The van der Waals surface area contributed by atoms with E-state index < -0.39 is 0 Å². The Morgan fingerprint density at radius 2 is 2.28 bits per heavy atom. The van der Waals surface area contributed by atoms with Crippen molar-refractivity contribution in [2.24, 2.45) is 4.99 Å². The standard InChI is InChI=1S/C14H16N2O2/c1-16-8-9-18-13-11(4-2-5-12(13)16)14(15-10-17)6-3-7-14/h2,4-5H,3,6-9H2,1H3. The SMILES string of the molecule is CN1CCOc2c1cccc2C1(N=C=O)CCC1. The summed E-state index contributed by atoms with van der Waals surface area (Å²) in [5.41, 5.74) is 1.75. The van der Waals surface area contributed by atoms with Crippen molar-refractivity contribution in [2.75, 3.05) is 25.1 Å². The normalized spacial score (nSPS) is 20.2. The summed E-state index contributed by atoms with van der Waals surface area (Å²) in [6.07, 6.45) is 4.65. The number of isocyanates is 1. The molecule has 1 aliphatic heterocycles. The van der Waals surface area contributed by atoms with Gasteiger partial charge in [0.2, 0.25) is 6.08 Å². The molecule has 4 heteroatoms. The molecule has 1 fully saturated rings. The van der Waals surface area contributed by atoms with Crippen molar-refractivity contribution in [1.82, 2.24) is 0 Å². The van der Waals surface area contributed by atoms with E-state index in [1.54, 1.807) is 6.08 Å². The fourth-order valence-electron chi connectivity index (χ4n) is 2.79. The molecule has 18 heavy (non-hydrogen) atoms. The van der Waals surface area contributed by atoms with Gasteiger partial charge in [-0.2, -0.15) is 4.99 Å². The first kappa shape index (κ1) is 11.3. The van der Waals surface area contributed by atoms with Crippen molar-refractivity contribution in [3.63, 3.8) is 0 Å². The van der Waals surface area contributed by atoms with E-state index in [9.17, 15) is 4.79 Å². The Labute approximate surface area is 106 Å². The van der Waals surface area contributed by atoms with Crippen molar-refractivity contribution in [3.05, 3.63) is 23.8 Å². The number of para-hydroxylation sites is 1. The number of likely N-dealkylation sites (N-methyl/N-ethyl adjacent to an activating group) is 1. The van der Waals surface area contributed by atoms with E-state index in [-0.39, 0.29) is 5.54 Å². The Morgan fingerprint density at radius 3 is 2.94 bits per heavy atom. The summed E-state index contributed by atoms with van der Waals surface area (Å²) in [5.74, 6) is 0.893. The van der Waals surface area contributed by atoms with E-state index in [0.717, 1.165) is 42.8 Å². The molecule has 1 aromatic rings. The Balaban J connectivity index is 2.12. The minimum absolute atomic E-state index is 0.384. The van der Waals surface area contributed by atoms with Gasteiger partial charge in [-0.25, -0.2) is 4.79 Å². The minimum Gasteiger partial charge on any atom is -0.489 e. The lowest BCUT2D eigenvalue weighted by atomic mass is 9.72. The molecule has 0 amide bonds. The summed E-state index contributed by atoms with van der Waals surface area (Å²) >= 11 is 0. The second-order valence-corrected chi connectivity index (χ2v) is 5.01. The Kier molecular flexibility index (Phi) is 2.60. The van der Waals surface area contributed by atoms with E-state index >= 15 is 0 Å². The Bertz CT molecular complexity index is 517. The van der Waals surface area contributed by atoms with Crippen LogP contribution in [0.4, 0.5) is 5.69 Å². The van der Waals surface area contributed by atoms with Crippen LogP contribution in [-0.4, -0.2) is 26.3 Å². The number of hydrogen-bond donors (Lipinski definition) is 0. The number of nitrogens with zero attached hydrogens (tertiary/aromatic N) is 2. The maximum absolute atomic E-state index is 10.7. The Morgan fingerprint density at radius 1 is 1.44 bits per heavy atom. The molecule has 0 radical (unpaired) electrons. The van der Waals surface area contributed by atoms with Gasteiger partial charge in [0.05, 0.1) is 12.2 Å². The van der Waals surface area contributed by atoms with Gasteiger partial charge in [0, 0.05) is 12.6 Å². The molecule has 0 N–H and O–H groups in total. The molecule has 0 aromatic heterocycles. The molecular weight excluding hydrogens is 228 g/mol. The summed E-state index contributed by atoms with van der Waals surface area (Å²) < 4.78 is 5.82. The highest BCUT2D eigenvalue weighted by molar-refractivity contribution is 5.65. The lowest BCUT2D eigenvalue weighted by Gasteiger charge is -2.40. The van der Waals surface area contributed by atoms with Gasteiger partial charge >= 0.3 is 0 Å². The first-order valence-electron chi connectivity index (χ1n) is 6.33. The average molecular weight is 244 g/mol. The third-order valence-electron chi connectivity index (χ3n) is 4.02. The third kappa shape index (κ3) is 1.53. The van der Waals surface area contributed by atoms with Gasteiger partial charge in [-0.15, -0.1) is 0 Å². The van der Waals surface area contributed by atoms with E-state index in [1.165, 1.54) is 0 Å². The number of hydrogen-bond acceptors (Lipinski definition) is 4. The molecule has 4 nitrogen and oxygen atoms in total. The Hall–Kier alpha value is -1.80. The minimum atomic E-state index is -0.384. The number of fused-ring (bicyclic) bond motifs is 1. The number of ether oxygens (including phenoxy) is 1. The molecule has 1 saturated carbocycles. The zero-order valence-electron chi connectivity index (χ0n) is 10.5. The van der Waals surface area contributed by atoms with E-state index in [4.69, 9.17) is 4.74 Å². The highest BCUT2D eigenvalue weighted by atomic mass is 16.5. The summed E-state index contributed by atoms with van der Waals surface area (Å²) in [5, 5.41) is 0. The van der Waals surface area contributed by atoms with Crippen LogP contribution in [-0.2, 0) is 10.3 Å². The van der Waals surface area contributed by atoms with Crippen LogP contribution in [0.3, 0.4) is 0 Å². The first-order valence-corrected chi connectivity index (χ1v) is 6.33. The topological polar surface area (TPSA) is 41.9 Å². The van der Waals surface area contributed by atoms with Crippen molar-refractivity contribution in [3.8, 4) is 5.75 Å². The fraction of sp³-hybridized carbons (Fsp3) is 0.500. The van der Waals surface area contributed by atoms with Crippen molar-refractivity contribution < 1.29 is 9.53 Å². The van der Waals surface area contributed by atoms with E-state index in [2.05, 4.69) is 23.0 Å². The summed E-state index contributed by atoms with van der Waals surface area (Å²) in [6, 6.07) is 6.09. The molecule has 0 spiro atoms. The molecule has 0 bridgehead atoms. The van der Waals surface area contributed by atoms with Crippen molar-refractivity contribution in [1.29, 1.82) is 0 Å². The zero-order chi connectivity index (χ0) is 12.6. The largest absolute Gasteiger partial charge is 0.489 e. The van der Waals surface area contributed by atoms with E-state index in [1.807, 2.05) is 12.1 Å². The molecule has 1 heterocycles. The second kappa shape index (κ2) is 4.14. The van der Waals surface area contributed by atoms with Crippen molar-refractivity contribution in [2.45, 2.75) is 24.8 Å². The van der Waals surface area contributed by atoms with Gasteiger partial charge < -0.3 is 9.64 Å². The third-order valence-corrected chi connectivity index (χ3v) is 4.02. The van der Waals surface area contributed by atoms with Crippen LogP contribution >= 0.6 is 0 Å². The van der Waals surface area contributed by atoms with Crippen LogP contribution in [0.15, 0.2) is 23.2 Å². The molecule has 2 aliphatic rings. The number of carbonyl (C=O) groups excluding carboxylic acids is 1. The second-order valence-electron chi connectivity index (χ2n) is 5.01. The quantitative estimate of drug-likeness (QED) is 0.592. The smallest absolute Gasteiger partial charge is 0.235 e. The molecule has 94 valence electrons. The molecular formula is C14H16N2O2. The van der Waals surface area contributed by atoms with Crippen LogP contribution < -0.4 is 9.64 Å². The number of benzene rings is 1. The monoisotopic (exact) mass is 244 g/mol. The van der Waals surface area contributed by atoms with Crippen molar-refractivity contribution >= 4 is 11.8 Å². The van der Waals surface area contributed by atoms with Gasteiger partial charge in [-0.05, 0) is 25.3 Å². The van der Waals surface area contributed by atoms with Crippen LogP contribution in [0.2, 0.25) is 0 Å². The highest BCUT2D eigenvalue weighted by Crippen LogP contribution is 2.50. The number of rotatable bonds is 2. The lowest BCUT2D eigenvalue weighted by molar-refractivity contribution is 0.235.